The van der Waals surface area contributed by atoms with Crippen LogP contribution in [0.4, 0.5) is 5.69 Å². The Bertz CT molecular complexity index is 640. The van der Waals surface area contributed by atoms with E-state index in [-0.39, 0.29) is 18.5 Å². The summed E-state index contributed by atoms with van der Waals surface area (Å²) in [5.74, 6) is 2.84. The van der Waals surface area contributed by atoms with Crippen molar-refractivity contribution >= 4 is 22.7 Å². The minimum Gasteiger partial charge on any atom is -0.441 e. The molecule has 0 bridgehead atoms. The molecule has 5 heteroatoms. The van der Waals surface area contributed by atoms with E-state index in [1.807, 2.05) is 18.2 Å². The number of anilines is 1. The Morgan fingerprint density at radius 1 is 1.58 bits per heavy atom. The first-order chi connectivity index (χ1) is 9.10. The average molecular weight is 257 g/mol. The molecule has 2 aromatic rings. The van der Waals surface area contributed by atoms with E-state index in [9.17, 15) is 4.79 Å². The molecule has 1 amide bonds. The number of amides is 1. The second kappa shape index (κ2) is 5.44. The molecule has 0 aliphatic rings. The van der Waals surface area contributed by atoms with E-state index >= 15 is 0 Å². The number of terminal acetylenes is 1. The summed E-state index contributed by atoms with van der Waals surface area (Å²) in [6.07, 6.45) is 5.09. The number of oxazole rings is 1. The summed E-state index contributed by atoms with van der Waals surface area (Å²) in [7, 11) is 0. The molecule has 0 radical (unpaired) electrons. The van der Waals surface area contributed by atoms with E-state index in [4.69, 9.17) is 10.8 Å². The standard InChI is InChI=1S/C14H15N3O2/c1-4-7-15-14(18)9(2)16-11-5-6-13-12(8-11)17-10(3)19-13/h1,5-6,8-9,16H,7H2,2-3H3,(H,15,18)/t9-/m0/s1. The monoisotopic (exact) mass is 257 g/mol. The maximum Gasteiger partial charge on any atom is 0.242 e. The molecule has 2 rings (SSSR count). The van der Waals surface area contributed by atoms with Gasteiger partial charge >= 0.3 is 0 Å². The lowest BCUT2D eigenvalue weighted by molar-refractivity contribution is -0.121. The number of hydrogen-bond donors (Lipinski definition) is 2. The van der Waals surface area contributed by atoms with Gasteiger partial charge in [0.25, 0.3) is 0 Å². The highest BCUT2D eigenvalue weighted by molar-refractivity contribution is 5.85. The first-order valence-electron chi connectivity index (χ1n) is 5.95. The van der Waals surface area contributed by atoms with Crippen molar-refractivity contribution in [1.29, 1.82) is 0 Å². The van der Waals surface area contributed by atoms with Gasteiger partial charge in [-0.1, -0.05) is 5.92 Å². The lowest BCUT2D eigenvalue weighted by Gasteiger charge is -2.14. The fraction of sp³-hybridized carbons (Fsp3) is 0.286. The Balaban J connectivity index is 2.08. The third-order valence-electron chi connectivity index (χ3n) is 2.64. The number of nitrogens with zero attached hydrogens (tertiary/aromatic N) is 1. The van der Waals surface area contributed by atoms with Gasteiger partial charge in [-0.2, -0.15) is 0 Å². The quantitative estimate of drug-likeness (QED) is 0.818. The van der Waals surface area contributed by atoms with Crippen molar-refractivity contribution in [2.24, 2.45) is 0 Å². The van der Waals surface area contributed by atoms with E-state index in [2.05, 4.69) is 21.5 Å². The van der Waals surface area contributed by atoms with E-state index in [0.29, 0.717) is 5.89 Å². The molecule has 1 aromatic heterocycles. The molecule has 1 heterocycles. The summed E-state index contributed by atoms with van der Waals surface area (Å²) in [6, 6.07) is 5.14. The van der Waals surface area contributed by atoms with Crippen LogP contribution < -0.4 is 10.6 Å². The van der Waals surface area contributed by atoms with Gasteiger partial charge in [0.05, 0.1) is 6.54 Å². The highest BCUT2D eigenvalue weighted by atomic mass is 16.3. The Morgan fingerprint density at radius 2 is 2.37 bits per heavy atom. The second-order valence-corrected chi connectivity index (χ2v) is 4.20. The minimum absolute atomic E-state index is 0.144. The number of hydrogen-bond acceptors (Lipinski definition) is 4. The number of carbonyl (C=O) groups excluding carboxylic acids is 1. The highest BCUT2D eigenvalue weighted by Crippen LogP contribution is 2.20. The molecule has 0 aliphatic carbocycles. The molecule has 19 heavy (non-hydrogen) atoms. The van der Waals surface area contributed by atoms with Gasteiger partial charge in [-0.15, -0.1) is 6.42 Å². The average Bonchev–Trinajstić information content (AvgIpc) is 2.75. The molecular weight excluding hydrogens is 242 g/mol. The molecule has 0 fully saturated rings. The van der Waals surface area contributed by atoms with Gasteiger partial charge in [0, 0.05) is 12.6 Å². The zero-order chi connectivity index (χ0) is 13.8. The van der Waals surface area contributed by atoms with Gasteiger partial charge in [-0.3, -0.25) is 4.79 Å². The maximum absolute atomic E-state index is 11.7. The van der Waals surface area contributed by atoms with Crippen LogP contribution in [0.25, 0.3) is 11.1 Å². The number of fused-ring (bicyclic) bond motifs is 1. The van der Waals surface area contributed by atoms with E-state index in [0.717, 1.165) is 16.8 Å². The molecule has 98 valence electrons. The lowest BCUT2D eigenvalue weighted by atomic mass is 10.2. The van der Waals surface area contributed by atoms with Crippen molar-refractivity contribution in [1.82, 2.24) is 10.3 Å². The van der Waals surface area contributed by atoms with Crippen LogP contribution in [0.5, 0.6) is 0 Å². The zero-order valence-corrected chi connectivity index (χ0v) is 10.9. The molecule has 5 nitrogen and oxygen atoms in total. The molecule has 1 atom stereocenters. The van der Waals surface area contributed by atoms with Gasteiger partial charge in [0.1, 0.15) is 11.6 Å². The Kier molecular flexibility index (Phi) is 3.71. The maximum atomic E-state index is 11.7. The lowest BCUT2D eigenvalue weighted by Crippen LogP contribution is -2.37. The Morgan fingerprint density at radius 3 is 3.11 bits per heavy atom. The van der Waals surface area contributed by atoms with E-state index in [1.54, 1.807) is 13.8 Å². The molecule has 1 aromatic carbocycles. The predicted molar refractivity (Wildman–Crippen MR) is 73.7 cm³/mol. The number of rotatable bonds is 4. The largest absolute Gasteiger partial charge is 0.441 e. The number of nitrogens with one attached hydrogen (secondary N) is 2. The Hall–Kier alpha value is -2.48. The summed E-state index contributed by atoms with van der Waals surface area (Å²) in [4.78, 5) is 15.9. The fourth-order valence-electron chi connectivity index (χ4n) is 1.74. The first kappa shape index (κ1) is 13.0. The third-order valence-corrected chi connectivity index (χ3v) is 2.64. The van der Waals surface area contributed by atoms with E-state index < -0.39 is 0 Å². The summed E-state index contributed by atoms with van der Waals surface area (Å²) >= 11 is 0. The topological polar surface area (TPSA) is 67.2 Å². The predicted octanol–water partition coefficient (Wildman–Crippen LogP) is 1.69. The summed E-state index contributed by atoms with van der Waals surface area (Å²) in [6.45, 7) is 3.79. The van der Waals surface area contributed by atoms with Crippen LogP contribution in [-0.2, 0) is 4.79 Å². The van der Waals surface area contributed by atoms with Crippen LogP contribution in [0, 0.1) is 19.3 Å². The number of aromatic nitrogens is 1. The summed E-state index contributed by atoms with van der Waals surface area (Å²) in [5, 5.41) is 5.71. The van der Waals surface area contributed by atoms with Gasteiger partial charge < -0.3 is 15.1 Å². The first-order valence-corrected chi connectivity index (χ1v) is 5.95. The molecule has 0 aliphatic heterocycles. The van der Waals surface area contributed by atoms with Crippen LogP contribution >= 0.6 is 0 Å². The van der Waals surface area contributed by atoms with Gasteiger partial charge in [0.2, 0.25) is 5.91 Å². The van der Waals surface area contributed by atoms with E-state index in [1.165, 1.54) is 0 Å². The molecule has 0 saturated carbocycles. The van der Waals surface area contributed by atoms with Crippen LogP contribution in [0.1, 0.15) is 12.8 Å². The number of aryl methyl sites for hydroxylation is 1. The molecule has 0 saturated heterocycles. The third kappa shape index (κ3) is 3.05. The minimum atomic E-state index is -0.376. The van der Waals surface area contributed by atoms with Crippen LogP contribution in [0.2, 0.25) is 0 Å². The van der Waals surface area contributed by atoms with Gasteiger partial charge in [0.15, 0.2) is 11.5 Å². The van der Waals surface area contributed by atoms with Crippen molar-refractivity contribution < 1.29 is 9.21 Å². The van der Waals surface area contributed by atoms with Crippen LogP contribution in [0.15, 0.2) is 22.6 Å². The van der Waals surface area contributed by atoms with Gasteiger partial charge in [-0.25, -0.2) is 4.98 Å². The molecule has 0 spiro atoms. The normalized spacial score (nSPS) is 11.8. The molecule has 2 N–H and O–H groups in total. The Labute approximate surface area is 111 Å². The summed E-state index contributed by atoms with van der Waals surface area (Å²) < 4.78 is 5.39. The second-order valence-electron chi connectivity index (χ2n) is 4.20. The highest BCUT2D eigenvalue weighted by Gasteiger charge is 2.12. The summed E-state index contributed by atoms with van der Waals surface area (Å²) in [5.41, 5.74) is 2.30. The number of carbonyl (C=O) groups is 1. The van der Waals surface area contributed by atoms with Crippen LogP contribution in [0.3, 0.4) is 0 Å². The van der Waals surface area contributed by atoms with Gasteiger partial charge in [-0.05, 0) is 25.1 Å². The van der Waals surface area contributed by atoms with Crippen molar-refractivity contribution in [3.63, 3.8) is 0 Å². The van der Waals surface area contributed by atoms with Crippen molar-refractivity contribution in [3.05, 3.63) is 24.1 Å². The zero-order valence-electron chi connectivity index (χ0n) is 10.9. The van der Waals surface area contributed by atoms with Crippen LogP contribution in [-0.4, -0.2) is 23.5 Å². The molecule has 0 unspecified atom stereocenters. The SMILES string of the molecule is C#CCNC(=O)[C@H](C)Nc1ccc2oc(C)nc2c1. The number of benzene rings is 1. The van der Waals surface area contributed by atoms with Crippen molar-refractivity contribution in [2.75, 3.05) is 11.9 Å². The van der Waals surface area contributed by atoms with Crippen molar-refractivity contribution in [3.8, 4) is 12.3 Å². The molecular formula is C14H15N3O2. The fourth-order valence-corrected chi connectivity index (χ4v) is 1.74. The van der Waals surface area contributed by atoms with Crippen molar-refractivity contribution in [2.45, 2.75) is 19.9 Å². The smallest absolute Gasteiger partial charge is 0.242 e.